The second kappa shape index (κ2) is 10.4. The number of alkyl halides is 1. The third-order valence-corrected chi connectivity index (χ3v) is 2.79. The number of aromatic amines is 1. The first-order valence-electron chi connectivity index (χ1n) is 5.03. The first-order chi connectivity index (χ1) is 8.99. The van der Waals surface area contributed by atoms with E-state index in [2.05, 4.69) is 59.4 Å². The van der Waals surface area contributed by atoms with E-state index < -0.39 is 0 Å². The molecule has 19 heavy (non-hydrogen) atoms. The molecule has 0 aliphatic heterocycles. The molecule has 2 rings (SSSR count). The Labute approximate surface area is 141 Å². The van der Waals surface area contributed by atoms with Gasteiger partial charge in [-0.15, -0.1) is 0 Å². The Hall–Kier alpha value is -0.410. The molecule has 0 aromatic carbocycles. The van der Waals surface area contributed by atoms with Crippen LogP contribution in [0.15, 0.2) is 55.2 Å². The van der Waals surface area contributed by atoms with E-state index in [-0.39, 0.29) is 11.1 Å². The van der Waals surface area contributed by atoms with E-state index in [4.69, 9.17) is 0 Å². The van der Waals surface area contributed by atoms with Crippen molar-refractivity contribution in [3.8, 4) is 0 Å². The van der Waals surface area contributed by atoms with Crippen LogP contribution in [0.4, 0.5) is 0 Å². The summed E-state index contributed by atoms with van der Waals surface area (Å²) in [5.74, 6) is 0. The van der Waals surface area contributed by atoms with Crippen LogP contribution in [0.2, 0.25) is 0 Å². The number of nitrogens with zero attached hydrogens (tertiary/aromatic N) is 1. The Kier molecular flexibility index (Phi) is 10.2. The number of hydrogen-bond acceptors (Lipinski definition) is 2. The summed E-state index contributed by atoms with van der Waals surface area (Å²) < 4.78 is 3.15. The molecule has 0 bridgehead atoms. The Morgan fingerprint density at radius 2 is 1.68 bits per heavy atom. The van der Waals surface area contributed by atoms with Crippen molar-refractivity contribution in [2.45, 2.75) is 0 Å². The molecule has 0 unspecified atom stereocenters. The molecule has 0 spiro atoms. The number of pyridine rings is 2. The Balaban J connectivity index is 0.000000303. The molecule has 0 fully saturated rings. The van der Waals surface area contributed by atoms with Gasteiger partial charge in [-0.3, -0.25) is 9.59 Å². The molecule has 0 aliphatic rings. The van der Waals surface area contributed by atoms with Gasteiger partial charge in [0.25, 0.3) is 5.56 Å². The maximum absolute atomic E-state index is 10.8. The number of hydrogen-bond donors (Lipinski definition) is 1. The molecule has 0 amide bonds. The first-order valence-corrected chi connectivity index (χ1v) is 8.77. The summed E-state index contributed by atoms with van der Waals surface area (Å²) >= 11 is 8.48. The van der Waals surface area contributed by atoms with Gasteiger partial charge in [0.05, 0.1) is 0 Å². The molecule has 2 aromatic heterocycles. The molecular formula is C12H13Br2IN2O2. The smallest absolute Gasteiger partial charge is 0.251 e. The van der Waals surface area contributed by atoms with Crippen molar-refractivity contribution >= 4 is 54.5 Å². The SMILES string of the molecule is CI.Cn1ccc(Br)cc1=O.O=c1cc(Br)cc[nH]1. The lowest BCUT2D eigenvalue weighted by molar-refractivity contribution is 0.858. The topological polar surface area (TPSA) is 54.9 Å². The summed E-state index contributed by atoms with van der Waals surface area (Å²) in [5.41, 5.74) is -0.0799. The Morgan fingerprint density at radius 3 is 2.05 bits per heavy atom. The Bertz CT molecular complexity index is 611. The van der Waals surface area contributed by atoms with Gasteiger partial charge >= 0.3 is 0 Å². The summed E-state index contributed by atoms with van der Waals surface area (Å²) in [4.78, 5) is 25.6. The Morgan fingerprint density at radius 1 is 1.11 bits per heavy atom. The number of halogens is 3. The molecule has 0 radical (unpaired) electrons. The predicted octanol–water partition coefficient (Wildman–Crippen LogP) is 3.34. The molecular weight excluding hydrogens is 491 g/mol. The number of nitrogens with one attached hydrogen (secondary N) is 1. The van der Waals surface area contributed by atoms with Crippen molar-refractivity contribution in [3.63, 3.8) is 0 Å². The van der Waals surface area contributed by atoms with Crippen LogP contribution in [-0.2, 0) is 7.05 Å². The molecule has 2 aromatic rings. The van der Waals surface area contributed by atoms with Gasteiger partial charge in [-0.25, -0.2) is 0 Å². The van der Waals surface area contributed by atoms with Gasteiger partial charge in [-0.05, 0) is 17.1 Å². The van der Waals surface area contributed by atoms with Crippen LogP contribution < -0.4 is 11.1 Å². The van der Waals surface area contributed by atoms with Crippen LogP contribution in [0.25, 0.3) is 0 Å². The van der Waals surface area contributed by atoms with Crippen molar-refractivity contribution in [2.24, 2.45) is 7.05 Å². The first kappa shape index (κ1) is 18.6. The van der Waals surface area contributed by atoms with Gasteiger partial charge in [0, 0.05) is 40.5 Å². The molecule has 7 heteroatoms. The molecule has 0 atom stereocenters. The molecule has 4 nitrogen and oxygen atoms in total. The lowest BCUT2D eigenvalue weighted by atomic mass is 10.5. The summed E-state index contributed by atoms with van der Waals surface area (Å²) in [7, 11) is 1.72. The third-order valence-electron chi connectivity index (χ3n) is 1.80. The molecule has 2 heterocycles. The minimum Gasteiger partial charge on any atom is -0.329 e. The maximum atomic E-state index is 10.8. The average Bonchev–Trinajstić information content (AvgIpc) is 2.37. The lowest BCUT2D eigenvalue weighted by Crippen LogP contribution is -2.13. The van der Waals surface area contributed by atoms with Gasteiger partial charge in [-0.2, -0.15) is 0 Å². The second-order valence-electron chi connectivity index (χ2n) is 3.17. The fraction of sp³-hybridized carbons (Fsp3) is 0.167. The van der Waals surface area contributed by atoms with Crippen molar-refractivity contribution in [2.75, 3.05) is 4.93 Å². The largest absolute Gasteiger partial charge is 0.329 e. The van der Waals surface area contributed by atoms with E-state index in [1.165, 1.54) is 16.7 Å². The van der Waals surface area contributed by atoms with Crippen LogP contribution in [0, 0.1) is 0 Å². The van der Waals surface area contributed by atoms with Gasteiger partial charge in [0.1, 0.15) is 0 Å². The maximum Gasteiger partial charge on any atom is 0.251 e. The van der Waals surface area contributed by atoms with Crippen molar-refractivity contribution < 1.29 is 0 Å². The zero-order valence-corrected chi connectivity index (χ0v) is 15.7. The predicted molar refractivity (Wildman–Crippen MR) is 94.1 cm³/mol. The highest BCUT2D eigenvalue weighted by Crippen LogP contribution is 2.02. The van der Waals surface area contributed by atoms with E-state index in [0.717, 1.165) is 8.95 Å². The zero-order chi connectivity index (χ0) is 14.8. The summed E-state index contributed by atoms with van der Waals surface area (Å²) in [5, 5.41) is 0. The zero-order valence-electron chi connectivity index (χ0n) is 10.4. The van der Waals surface area contributed by atoms with E-state index in [0.29, 0.717) is 0 Å². The highest BCUT2D eigenvalue weighted by Gasteiger charge is 1.88. The number of aryl methyl sites for hydroxylation is 1. The van der Waals surface area contributed by atoms with E-state index >= 15 is 0 Å². The van der Waals surface area contributed by atoms with Gasteiger partial charge in [0.15, 0.2) is 0 Å². The normalized spacial score (nSPS) is 8.68. The quantitative estimate of drug-likeness (QED) is 0.443. The fourth-order valence-corrected chi connectivity index (χ4v) is 1.60. The van der Waals surface area contributed by atoms with Gasteiger partial charge in [-0.1, -0.05) is 54.5 Å². The standard InChI is InChI=1S/C6H6BrNO.C5H4BrNO.CH3I/c1-8-3-2-5(7)4-6(8)9;6-4-1-2-7-5(8)3-4;1-2/h2-4H,1H3;1-3H,(H,7,8);1H3. The van der Waals surface area contributed by atoms with E-state index in [1.807, 2.05) is 11.0 Å². The summed E-state index contributed by atoms with van der Waals surface area (Å²) in [6.07, 6.45) is 3.30. The fourth-order valence-electron chi connectivity index (χ4n) is 0.943. The van der Waals surface area contributed by atoms with Crippen LogP contribution in [0.5, 0.6) is 0 Å². The van der Waals surface area contributed by atoms with Crippen LogP contribution >= 0.6 is 54.5 Å². The van der Waals surface area contributed by atoms with Crippen LogP contribution in [0.3, 0.4) is 0 Å². The minimum atomic E-state index is -0.0839. The highest BCUT2D eigenvalue weighted by molar-refractivity contribution is 14.1. The third kappa shape index (κ3) is 8.38. The number of rotatable bonds is 0. The lowest BCUT2D eigenvalue weighted by Gasteiger charge is -1.92. The van der Waals surface area contributed by atoms with E-state index in [9.17, 15) is 9.59 Å². The van der Waals surface area contributed by atoms with Crippen molar-refractivity contribution in [3.05, 3.63) is 66.3 Å². The van der Waals surface area contributed by atoms with Crippen molar-refractivity contribution in [1.82, 2.24) is 9.55 Å². The van der Waals surface area contributed by atoms with Crippen LogP contribution in [-0.4, -0.2) is 14.5 Å². The van der Waals surface area contributed by atoms with Gasteiger partial charge in [0.2, 0.25) is 5.56 Å². The van der Waals surface area contributed by atoms with Crippen LogP contribution in [0.1, 0.15) is 0 Å². The molecule has 104 valence electrons. The molecule has 1 N–H and O–H groups in total. The highest BCUT2D eigenvalue weighted by atomic mass is 127. The molecule has 0 saturated carbocycles. The number of H-pyrrole nitrogens is 1. The minimum absolute atomic E-state index is 0.00405. The average molecular weight is 504 g/mol. The summed E-state index contributed by atoms with van der Waals surface area (Å²) in [6.45, 7) is 0. The van der Waals surface area contributed by atoms with E-state index in [1.54, 1.807) is 25.5 Å². The second-order valence-corrected chi connectivity index (χ2v) is 5.00. The van der Waals surface area contributed by atoms with Gasteiger partial charge < -0.3 is 9.55 Å². The van der Waals surface area contributed by atoms with Crippen molar-refractivity contribution in [1.29, 1.82) is 0 Å². The summed E-state index contributed by atoms with van der Waals surface area (Å²) in [6, 6.07) is 6.59. The molecule has 0 aliphatic carbocycles. The number of aromatic nitrogens is 2. The monoisotopic (exact) mass is 502 g/mol. The molecule has 0 saturated heterocycles.